The highest BCUT2D eigenvalue weighted by atomic mass is 16.1. The Balaban J connectivity index is 2.85. The molecule has 1 unspecified atom stereocenters. The molecule has 0 radical (unpaired) electrons. The number of hydrogen-bond acceptors (Lipinski definition) is 2. The van der Waals surface area contributed by atoms with Crippen molar-refractivity contribution in [1.82, 2.24) is 0 Å². The van der Waals surface area contributed by atoms with Crippen molar-refractivity contribution in [2.75, 3.05) is 0 Å². The van der Waals surface area contributed by atoms with Crippen LogP contribution in [-0.2, 0) is 15.0 Å². The maximum absolute atomic E-state index is 11.1. The number of aldehydes is 1. The Kier molecular flexibility index (Phi) is 3.78. The topological polar surface area (TPSA) is 34.1 Å². The zero-order chi connectivity index (χ0) is 11.3. The molecule has 0 aliphatic heterocycles. The number of carbonyl (C=O) groups is 2. The first-order valence-electron chi connectivity index (χ1n) is 5.10. The molecular formula is C13H16O2. The van der Waals surface area contributed by atoms with Gasteiger partial charge in [0.1, 0.15) is 12.1 Å². The highest BCUT2D eigenvalue weighted by Crippen LogP contribution is 2.26. The highest BCUT2D eigenvalue weighted by molar-refractivity contribution is 5.77. The fraction of sp³-hybridized carbons (Fsp3) is 0.385. The molecule has 0 saturated carbocycles. The molecule has 0 aliphatic rings. The fourth-order valence-corrected chi connectivity index (χ4v) is 1.53. The largest absolute Gasteiger partial charge is 0.302 e. The van der Waals surface area contributed by atoms with Gasteiger partial charge in [0.05, 0.1) is 0 Å². The van der Waals surface area contributed by atoms with E-state index >= 15 is 0 Å². The van der Waals surface area contributed by atoms with Crippen molar-refractivity contribution >= 4 is 12.1 Å². The molecule has 1 atom stereocenters. The van der Waals surface area contributed by atoms with E-state index in [0.29, 0.717) is 12.8 Å². The predicted octanol–water partition coefficient (Wildman–Crippen LogP) is 2.51. The van der Waals surface area contributed by atoms with Crippen molar-refractivity contribution in [1.29, 1.82) is 0 Å². The molecule has 0 heterocycles. The van der Waals surface area contributed by atoms with E-state index < -0.39 is 5.41 Å². The van der Waals surface area contributed by atoms with Gasteiger partial charge >= 0.3 is 0 Å². The summed E-state index contributed by atoms with van der Waals surface area (Å²) in [6.07, 6.45) is 1.96. The molecule has 0 fully saturated rings. The van der Waals surface area contributed by atoms with E-state index in [0.717, 1.165) is 11.8 Å². The lowest BCUT2D eigenvalue weighted by atomic mass is 9.79. The summed E-state index contributed by atoms with van der Waals surface area (Å²) >= 11 is 0. The minimum Gasteiger partial charge on any atom is -0.302 e. The lowest BCUT2D eigenvalue weighted by molar-refractivity contribution is -0.117. The summed E-state index contributed by atoms with van der Waals surface area (Å²) in [5, 5.41) is 0. The van der Waals surface area contributed by atoms with Crippen LogP contribution >= 0.6 is 0 Å². The second kappa shape index (κ2) is 4.87. The van der Waals surface area contributed by atoms with E-state index in [-0.39, 0.29) is 5.78 Å². The molecule has 15 heavy (non-hydrogen) atoms. The van der Waals surface area contributed by atoms with Gasteiger partial charge < -0.3 is 9.59 Å². The molecule has 0 N–H and O–H groups in total. The third kappa shape index (κ3) is 3.01. The monoisotopic (exact) mass is 204 g/mol. The molecule has 80 valence electrons. The van der Waals surface area contributed by atoms with Gasteiger partial charge in [-0.25, -0.2) is 0 Å². The normalized spacial score (nSPS) is 14.3. The van der Waals surface area contributed by atoms with Gasteiger partial charge in [-0.05, 0) is 25.8 Å². The first kappa shape index (κ1) is 11.6. The molecule has 2 heteroatoms. The quantitative estimate of drug-likeness (QED) is 0.690. The Labute approximate surface area is 90.3 Å². The second-order valence-electron chi connectivity index (χ2n) is 4.10. The summed E-state index contributed by atoms with van der Waals surface area (Å²) in [5.41, 5.74) is 0.439. The van der Waals surface area contributed by atoms with E-state index in [1.54, 1.807) is 6.92 Å². The summed E-state index contributed by atoms with van der Waals surface area (Å²) in [5.74, 6) is 0.124. The van der Waals surface area contributed by atoms with Crippen LogP contribution in [0.25, 0.3) is 0 Å². The van der Waals surface area contributed by atoms with Crippen LogP contribution in [0, 0.1) is 0 Å². The van der Waals surface area contributed by atoms with Crippen LogP contribution in [0.1, 0.15) is 32.3 Å². The maximum Gasteiger partial charge on any atom is 0.130 e. The zero-order valence-corrected chi connectivity index (χ0v) is 9.19. The van der Waals surface area contributed by atoms with Gasteiger partial charge in [-0.15, -0.1) is 0 Å². The van der Waals surface area contributed by atoms with Crippen LogP contribution in [0.4, 0.5) is 0 Å². The smallest absolute Gasteiger partial charge is 0.130 e. The standard InChI is InChI=1S/C13H16O2/c1-11(15)8-9-13(2,10-14)12-6-4-3-5-7-12/h3-7,10H,8-9H2,1-2H3. The Bertz CT molecular complexity index is 343. The number of carbonyl (C=O) groups excluding carboxylic acids is 2. The lowest BCUT2D eigenvalue weighted by Gasteiger charge is -2.22. The van der Waals surface area contributed by atoms with Gasteiger partial charge in [-0.3, -0.25) is 0 Å². The van der Waals surface area contributed by atoms with Gasteiger partial charge in [-0.2, -0.15) is 0 Å². The number of Topliss-reactive ketones (excluding diaryl/α,β-unsaturated/α-hetero) is 1. The Hall–Kier alpha value is -1.44. The summed E-state index contributed by atoms with van der Waals surface area (Å²) in [6.45, 7) is 3.43. The summed E-state index contributed by atoms with van der Waals surface area (Å²) < 4.78 is 0. The Morgan fingerprint density at radius 2 is 1.93 bits per heavy atom. The molecule has 1 rings (SSSR count). The van der Waals surface area contributed by atoms with Gasteiger partial charge in [0.15, 0.2) is 0 Å². The summed E-state index contributed by atoms with van der Waals surface area (Å²) in [6, 6.07) is 9.58. The van der Waals surface area contributed by atoms with Crippen LogP contribution in [0.3, 0.4) is 0 Å². The van der Waals surface area contributed by atoms with E-state index in [4.69, 9.17) is 0 Å². The van der Waals surface area contributed by atoms with Crippen molar-refractivity contribution in [3.63, 3.8) is 0 Å². The van der Waals surface area contributed by atoms with Crippen LogP contribution in [0.15, 0.2) is 30.3 Å². The van der Waals surface area contributed by atoms with Gasteiger partial charge in [-0.1, -0.05) is 30.3 Å². The molecule has 1 aromatic carbocycles. The average Bonchev–Trinajstić information content (AvgIpc) is 2.27. The summed E-state index contributed by atoms with van der Waals surface area (Å²) in [4.78, 5) is 22.1. The van der Waals surface area contributed by atoms with Crippen molar-refractivity contribution in [2.45, 2.75) is 32.1 Å². The fourth-order valence-electron chi connectivity index (χ4n) is 1.53. The van der Waals surface area contributed by atoms with Crippen molar-refractivity contribution < 1.29 is 9.59 Å². The molecule has 0 aliphatic carbocycles. The van der Waals surface area contributed by atoms with E-state index in [2.05, 4.69) is 0 Å². The summed E-state index contributed by atoms with van der Waals surface area (Å²) in [7, 11) is 0. The van der Waals surface area contributed by atoms with Crippen LogP contribution < -0.4 is 0 Å². The molecule has 0 aromatic heterocycles. The number of benzene rings is 1. The van der Waals surface area contributed by atoms with Gasteiger partial charge in [0.2, 0.25) is 0 Å². The number of ketones is 1. The third-order valence-electron chi connectivity index (χ3n) is 2.69. The number of hydrogen-bond donors (Lipinski definition) is 0. The van der Waals surface area contributed by atoms with Gasteiger partial charge in [0.25, 0.3) is 0 Å². The van der Waals surface area contributed by atoms with Crippen molar-refractivity contribution in [3.8, 4) is 0 Å². The SMILES string of the molecule is CC(=O)CCC(C)(C=O)c1ccccc1. The first-order chi connectivity index (χ1) is 7.08. The van der Waals surface area contributed by atoms with Crippen LogP contribution in [0.2, 0.25) is 0 Å². The molecule has 1 aromatic rings. The average molecular weight is 204 g/mol. The lowest BCUT2D eigenvalue weighted by Crippen LogP contribution is -2.24. The predicted molar refractivity (Wildman–Crippen MR) is 59.8 cm³/mol. The van der Waals surface area contributed by atoms with Crippen LogP contribution in [-0.4, -0.2) is 12.1 Å². The Morgan fingerprint density at radius 3 is 2.40 bits per heavy atom. The minimum absolute atomic E-state index is 0.124. The molecule has 0 bridgehead atoms. The second-order valence-corrected chi connectivity index (χ2v) is 4.10. The highest BCUT2D eigenvalue weighted by Gasteiger charge is 2.25. The molecule has 0 saturated heterocycles. The van der Waals surface area contributed by atoms with Crippen molar-refractivity contribution in [3.05, 3.63) is 35.9 Å². The molecule has 2 nitrogen and oxygen atoms in total. The van der Waals surface area contributed by atoms with E-state index in [9.17, 15) is 9.59 Å². The van der Waals surface area contributed by atoms with E-state index in [1.165, 1.54) is 0 Å². The molecular weight excluding hydrogens is 188 g/mol. The van der Waals surface area contributed by atoms with Gasteiger partial charge in [0, 0.05) is 11.8 Å². The molecule has 0 amide bonds. The molecule has 0 spiro atoms. The maximum atomic E-state index is 11.1. The van der Waals surface area contributed by atoms with E-state index in [1.807, 2.05) is 37.3 Å². The first-order valence-corrected chi connectivity index (χ1v) is 5.10. The van der Waals surface area contributed by atoms with Crippen LogP contribution in [0.5, 0.6) is 0 Å². The van der Waals surface area contributed by atoms with Crippen molar-refractivity contribution in [2.24, 2.45) is 0 Å². The minimum atomic E-state index is -0.535. The number of rotatable bonds is 5. The zero-order valence-electron chi connectivity index (χ0n) is 9.19. The Morgan fingerprint density at radius 1 is 1.33 bits per heavy atom. The third-order valence-corrected chi connectivity index (χ3v) is 2.69.